The fourth-order valence-electron chi connectivity index (χ4n) is 3.97. The molecule has 0 spiro atoms. The van der Waals surface area contributed by atoms with E-state index in [2.05, 4.69) is 26.5 Å². The van der Waals surface area contributed by atoms with Crippen LogP contribution in [0, 0.1) is 11.3 Å². The van der Waals surface area contributed by atoms with Crippen LogP contribution in [0.3, 0.4) is 0 Å². The maximum Gasteiger partial charge on any atom is 0.213 e. The zero-order chi connectivity index (χ0) is 25.3. The van der Waals surface area contributed by atoms with Crippen molar-refractivity contribution in [2.75, 3.05) is 25.1 Å². The zero-order valence-corrected chi connectivity index (χ0v) is 20.4. The monoisotopic (exact) mass is 496 g/mol. The number of nitriles is 1. The Morgan fingerprint density at radius 2 is 1.95 bits per heavy atom. The van der Waals surface area contributed by atoms with Gasteiger partial charge in [-0.2, -0.15) is 10.4 Å². The highest BCUT2D eigenvalue weighted by atomic mass is 16.7. The van der Waals surface area contributed by atoms with E-state index in [-0.39, 0.29) is 6.29 Å². The predicted molar refractivity (Wildman–Crippen MR) is 138 cm³/mol. The van der Waals surface area contributed by atoms with Crippen molar-refractivity contribution < 1.29 is 14.2 Å². The van der Waals surface area contributed by atoms with Crippen LogP contribution in [0.2, 0.25) is 0 Å². The molecule has 9 nitrogen and oxygen atoms in total. The number of aromatic nitrogens is 4. The van der Waals surface area contributed by atoms with Gasteiger partial charge < -0.3 is 19.5 Å². The second-order valence-corrected chi connectivity index (χ2v) is 8.60. The summed E-state index contributed by atoms with van der Waals surface area (Å²) in [6, 6.07) is 19.4. The van der Waals surface area contributed by atoms with Crippen molar-refractivity contribution >= 4 is 5.69 Å². The Bertz CT molecular complexity index is 1310. The average Bonchev–Trinajstić information content (AvgIpc) is 3.41. The van der Waals surface area contributed by atoms with E-state index in [9.17, 15) is 5.26 Å². The van der Waals surface area contributed by atoms with Gasteiger partial charge >= 0.3 is 0 Å². The molecular weight excluding hydrogens is 468 g/mol. The van der Waals surface area contributed by atoms with E-state index in [4.69, 9.17) is 14.2 Å². The van der Waals surface area contributed by atoms with Crippen LogP contribution in [0.25, 0.3) is 16.9 Å². The second-order valence-electron chi connectivity index (χ2n) is 8.60. The molecule has 0 unspecified atom stereocenters. The molecule has 1 N–H and O–H groups in total. The lowest BCUT2D eigenvalue weighted by Crippen LogP contribution is -2.25. The van der Waals surface area contributed by atoms with Crippen molar-refractivity contribution in [1.82, 2.24) is 19.7 Å². The van der Waals surface area contributed by atoms with Crippen LogP contribution < -0.4 is 10.1 Å². The van der Waals surface area contributed by atoms with Gasteiger partial charge in [-0.3, -0.25) is 4.98 Å². The summed E-state index contributed by atoms with van der Waals surface area (Å²) in [5.41, 5.74) is 4.84. The van der Waals surface area contributed by atoms with Crippen LogP contribution in [-0.4, -0.2) is 45.9 Å². The normalized spacial score (nSPS) is 13.7. The first kappa shape index (κ1) is 24.4. The SMILES string of the molecule is N#Cc1cc(-c2cccnc2)nn1-c1ccc(NCc2ccc(OCCCC3OCCCO3)nc2)cc1. The van der Waals surface area contributed by atoms with Gasteiger partial charge in [-0.15, -0.1) is 0 Å². The molecule has 1 saturated heterocycles. The lowest BCUT2D eigenvalue weighted by Gasteiger charge is -2.22. The molecule has 0 saturated carbocycles. The van der Waals surface area contributed by atoms with Crippen molar-refractivity contribution in [3.63, 3.8) is 0 Å². The van der Waals surface area contributed by atoms with Gasteiger partial charge in [0.15, 0.2) is 6.29 Å². The third-order valence-electron chi connectivity index (χ3n) is 5.92. The summed E-state index contributed by atoms with van der Waals surface area (Å²) in [6.07, 6.45) is 7.79. The minimum absolute atomic E-state index is 0.106. The van der Waals surface area contributed by atoms with Crippen molar-refractivity contribution in [2.45, 2.75) is 32.1 Å². The third kappa shape index (κ3) is 6.50. The zero-order valence-electron chi connectivity index (χ0n) is 20.4. The van der Waals surface area contributed by atoms with Crippen molar-refractivity contribution in [3.8, 4) is 28.9 Å². The molecule has 0 amide bonds. The molecule has 1 aromatic carbocycles. The quantitative estimate of drug-likeness (QED) is 0.314. The van der Waals surface area contributed by atoms with E-state index in [1.807, 2.05) is 54.7 Å². The molecule has 1 fully saturated rings. The smallest absolute Gasteiger partial charge is 0.213 e. The number of nitrogens with zero attached hydrogens (tertiary/aromatic N) is 5. The van der Waals surface area contributed by atoms with Crippen molar-refractivity contribution in [2.24, 2.45) is 0 Å². The van der Waals surface area contributed by atoms with Crippen LogP contribution >= 0.6 is 0 Å². The van der Waals surface area contributed by atoms with Crippen molar-refractivity contribution in [1.29, 1.82) is 5.26 Å². The van der Waals surface area contributed by atoms with E-state index >= 15 is 0 Å². The van der Waals surface area contributed by atoms with Gasteiger partial charge in [0, 0.05) is 54.9 Å². The van der Waals surface area contributed by atoms with Gasteiger partial charge in [-0.05, 0) is 54.8 Å². The molecule has 37 heavy (non-hydrogen) atoms. The van der Waals surface area contributed by atoms with Crippen molar-refractivity contribution in [3.05, 3.63) is 84.4 Å². The summed E-state index contributed by atoms with van der Waals surface area (Å²) in [5.74, 6) is 0.608. The maximum absolute atomic E-state index is 9.58. The van der Waals surface area contributed by atoms with Gasteiger partial charge in [0.25, 0.3) is 0 Å². The first-order valence-electron chi connectivity index (χ1n) is 12.3. The number of benzene rings is 1. The molecule has 188 valence electrons. The summed E-state index contributed by atoms with van der Waals surface area (Å²) in [7, 11) is 0. The van der Waals surface area contributed by atoms with E-state index < -0.39 is 0 Å². The van der Waals surface area contributed by atoms with Crippen LogP contribution in [0.1, 0.15) is 30.5 Å². The van der Waals surface area contributed by atoms with Gasteiger partial charge in [0.1, 0.15) is 11.8 Å². The highest BCUT2D eigenvalue weighted by molar-refractivity contribution is 5.60. The second kappa shape index (κ2) is 12.1. The van der Waals surface area contributed by atoms with Crippen LogP contribution in [0.15, 0.2) is 73.2 Å². The Balaban J connectivity index is 1.12. The van der Waals surface area contributed by atoms with Crippen LogP contribution in [0.5, 0.6) is 5.88 Å². The molecule has 4 heterocycles. The van der Waals surface area contributed by atoms with E-state index in [1.54, 1.807) is 23.1 Å². The van der Waals surface area contributed by atoms with Gasteiger partial charge in [-0.25, -0.2) is 9.67 Å². The summed E-state index contributed by atoms with van der Waals surface area (Å²) in [6.45, 7) is 2.74. The first-order valence-corrected chi connectivity index (χ1v) is 12.3. The lowest BCUT2D eigenvalue weighted by molar-refractivity contribution is -0.182. The standard InChI is InChI=1S/C28H28N6O3/c29-17-25-16-26(22-4-1-12-30-20-22)33-34(25)24-9-7-23(8-10-24)31-18-21-6-11-27(32-19-21)35-13-2-5-28-36-14-3-15-37-28/h1,4,6-12,16,19-20,28,31H,2-3,5,13-15,18H2. The number of nitrogens with one attached hydrogen (secondary N) is 1. The van der Waals surface area contributed by atoms with E-state index in [0.29, 0.717) is 30.4 Å². The average molecular weight is 497 g/mol. The highest BCUT2D eigenvalue weighted by Gasteiger charge is 2.14. The fraction of sp³-hybridized carbons (Fsp3) is 0.286. The molecule has 3 aromatic heterocycles. The lowest BCUT2D eigenvalue weighted by atomic mass is 10.2. The summed E-state index contributed by atoms with van der Waals surface area (Å²) >= 11 is 0. The molecule has 5 rings (SSSR count). The minimum atomic E-state index is -0.106. The summed E-state index contributed by atoms with van der Waals surface area (Å²) in [4.78, 5) is 8.54. The molecule has 4 aromatic rings. The number of ether oxygens (including phenoxy) is 3. The van der Waals surface area contributed by atoms with Gasteiger partial charge in [0.05, 0.1) is 31.2 Å². The van der Waals surface area contributed by atoms with Crippen LogP contribution in [0.4, 0.5) is 5.69 Å². The summed E-state index contributed by atoms with van der Waals surface area (Å²) < 4.78 is 18.5. The maximum atomic E-state index is 9.58. The Hall–Kier alpha value is -4.26. The van der Waals surface area contributed by atoms with Gasteiger partial charge in [-0.1, -0.05) is 6.07 Å². The van der Waals surface area contributed by atoms with E-state index in [0.717, 1.165) is 55.0 Å². The predicted octanol–water partition coefficient (Wildman–Crippen LogP) is 4.74. The summed E-state index contributed by atoms with van der Waals surface area (Å²) in [5, 5.41) is 17.6. The molecule has 1 aliphatic rings. The molecule has 0 atom stereocenters. The Kier molecular flexibility index (Phi) is 8.01. The highest BCUT2D eigenvalue weighted by Crippen LogP contribution is 2.22. The number of hydrogen-bond acceptors (Lipinski definition) is 8. The molecule has 1 aliphatic heterocycles. The Morgan fingerprint density at radius 1 is 1.08 bits per heavy atom. The minimum Gasteiger partial charge on any atom is -0.478 e. The Labute approximate surface area is 215 Å². The molecule has 9 heteroatoms. The number of anilines is 1. The molecule has 0 bridgehead atoms. The fourth-order valence-corrected chi connectivity index (χ4v) is 3.97. The third-order valence-corrected chi connectivity index (χ3v) is 5.92. The van der Waals surface area contributed by atoms with Gasteiger partial charge in [0.2, 0.25) is 5.88 Å². The molecular formula is C28H28N6O3. The molecule has 0 aliphatic carbocycles. The Morgan fingerprint density at radius 3 is 2.68 bits per heavy atom. The largest absolute Gasteiger partial charge is 0.478 e. The van der Waals surface area contributed by atoms with E-state index in [1.165, 1.54) is 0 Å². The van der Waals surface area contributed by atoms with Crippen LogP contribution in [-0.2, 0) is 16.0 Å². The number of pyridine rings is 2. The number of rotatable bonds is 10. The molecule has 0 radical (unpaired) electrons. The topological polar surface area (TPSA) is 107 Å². The first-order chi connectivity index (χ1) is 18.3. The number of hydrogen-bond donors (Lipinski definition) is 1.